The smallest absolute Gasteiger partial charge is 0.323 e. The Morgan fingerprint density at radius 2 is 0.750 bits per heavy atom. The van der Waals surface area contributed by atoms with Crippen LogP contribution in [0.3, 0.4) is 0 Å². The van der Waals surface area contributed by atoms with Gasteiger partial charge in [-0.15, -0.1) is 0 Å². The van der Waals surface area contributed by atoms with E-state index >= 15 is 0 Å². The van der Waals surface area contributed by atoms with E-state index in [-0.39, 0.29) is 62.5 Å². The number of methoxy groups -OCH3 is 6. The maximum Gasteiger partial charge on any atom is 0.323 e. The van der Waals surface area contributed by atoms with Crippen LogP contribution in [0.15, 0.2) is 176 Å². The molecule has 8 heterocycles. The average Bonchev–Trinajstić information content (AvgIpc) is 1.55. The van der Waals surface area contributed by atoms with E-state index in [1.807, 2.05) is 62.4 Å². The fourth-order valence-electron chi connectivity index (χ4n) is 15.8. The molecule has 132 heavy (non-hydrogen) atoms. The van der Waals surface area contributed by atoms with Crippen LogP contribution in [0.4, 0.5) is 19.2 Å². The summed E-state index contributed by atoms with van der Waals surface area (Å²) in [5.41, 5.74) is 2.81. The SMILES string of the molecule is COCc1cccc(C#C[C@]2(CN3Cc4ccc(OC)cc4C3=O)NC(=O)NC2=O)c1.COc1ccc2c(c1)C(=O)N(C[C@@]1(C#Cc3c(OC)ccc4c(C#N)cccc34)NC(=O)NC1=O)C2.COc1ccc2c(c1)C(=O)N(C[C@@]1(C#Cc3ccc(OC(C)C)cc3)NC(=O)NC1=O)C2.COc1ccc2c(c1)C(=O)N(C[C@@]1(C#Cc3ccc(OCC4CC4)cc3)NC(=O)NC1=O)C2. The van der Waals surface area contributed by atoms with E-state index in [1.54, 1.807) is 135 Å². The van der Waals surface area contributed by atoms with Crippen LogP contribution in [0, 0.1) is 64.6 Å². The molecule has 668 valence electrons. The maximum atomic E-state index is 13.1. The highest BCUT2D eigenvalue weighted by Crippen LogP contribution is 2.37. The fraction of sp³-hybridized carbons (Fsp3) is 0.263. The number of rotatable bonds is 20. The summed E-state index contributed by atoms with van der Waals surface area (Å²) in [7, 11) is 9.21. The summed E-state index contributed by atoms with van der Waals surface area (Å²) in [5.74, 6) is 25.0. The van der Waals surface area contributed by atoms with E-state index in [9.17, 15) is 62.8 Å². The molecule has 0 aromatic heterocycles. The van der Waals surface area contributed by atoms with Crippen LogP contribution in [0.25, 0.3) is 10.8 Å². The molecule has 0 radical (unpaired) electrons. The summed E-state index contributed by atoms with van der Waals surface area (Å²) in [6, 6.07) is 51.1. The second-order valence-electron chi connectivity index (χ2n) is 32.2. The summed E-state index contributed by atoms with van der Waals surface area (Å²) >= 11 is 0. The highest BCUT2D eigenvalue weighted by atomic mass is 16.5. The first-order chi connectivity index (χ1) is 63.6. The monoisotopic (exact) mass is 1780 g/mol. The van der Waals surface area contributed by atoms with Gasteiger partial charge in [-0.25, -0.2) is 19.2 Å². The van der Waals surface area contributed by atoms with Crippen molar-refractivity contribution in [2.45, 2.75) is 87.7 Å². The first-order valence-corrected chi connectivity index (χ1v) is 41.7. The Hall–Kier alpha value is -16.8. The van der Waals surface area contributed by atoms with Crippen molar-refractivity contribution < 1.29 is 95.4 Å². The van der Waals surface area contributed by atoms with Crippen molar-refractivity contribution in [2.24, 2.45) is 5.92 Å². The van der Waals surface area contributed by atoms with Crippen molar-refractivity contribution in [1.82, 2.24) is 62.1 Å². The van der Waals surface area contributed by atoms with E-state index in [1.165, 1.54) is 68.0 Å². The molecule has 4 atom stereocenters. The molecule has 9 aromatic rings. The number of carbonyl (C=O) groups is 12. The van der Waals surface area contributed by atoms with Gasteiger partial charge in [0.1, 0.15) is 40.2 Å². The van der Waals surface area contributed by atoms with Gasteiger partial charge in [0, 0.05) is 83.0 Å². The number of carbonyl (C=O) groups excluding carboxylic acids is 12. The lowest BCUT2D eigenvalue weighted by Crippen LogP contribution is -2.54. The van der Waals surface area contributed by atoms with E-state index in [0.717, 1.165) is 40.2 Å². The van der Waals surface area contributed by atoms with Gasteiger partial charge in [-0.05, 0) is 188 Å². The predicted molar refractivity (Wildman–Crippen MR) is 475 cm³/mol. The largest absolute Gasteiger partial charge is 0.497 e. The molecule has 1 aliphatic carbocycles. The normalized spacial score (nSPS) is 19.5. The van der Waals surface area contributed by atoms with Crippen LogP contribution in [-0.4, -0.2) is 195 Å². The van der Waals surface area contributed by atoms with Crippen molar-refractivity contribution >= 4 is 82.2 Å². The number of hydrogen-bond donors (Lipinski definition) is 8. The van der Waals surface area contributed by atoms with E-state index in [4.69, 9.17) is 37.9 Å². The van der Waals surface area contributed by atoms with Gasteiger partial charge in [-0.2, -0.15) is 5.26 Å². The Morgan fingerprint density at radius 1 is 0.386 bits per heavy atom. The zero-order valence-corrected chi connectivity index (χ0v) is 72.8. The molecule has 0 bridgehead atoms. The van der Waals surface area contributed by atoms with Gasteiger partial charge in [0.25, 0.3) is 47.3 Å². The van der Waals surface area contributed by atoms with Gasteiger partial charge in [0.15, 0.2) is 0 Å². The Labute approximate surface area is 757 Å². The third-order valence-corrected chi connectivity index (χ3v) is 22.8. The number of amides is 16. The second-order valence-corrected chi connectivity index (χ2v) is 32.2. The topological polar surface area (TPSA) is 412 Å². The number of nitrogens with zero attached hydrogens (tertiary/aromatic N) is 5. The molecule has 1 saturated carbocycles. The Balaban J connectivity index is 0.000000135. The first-order valence-electron chi connectivity index (χ1n) is 41.7. The summed E-state index contributed by atoms with van der Waals surface area (Å²) in [6.07, 6.45) is 2.49. The predicted octanol–water partition coefficient (Wildman–Crippen LogP) is 7.88. The Kier molecular flexibility index (Phi) is 25.9. The van der Waals surface area contributed by atoms with Gasteiger partial charge in [-0.1, -0.05) is 95.9 Å². The van der Waals surface area contributed by atoms with Crippen molar-refractivity contribution in [3.8, 4) is 93.7 Å². The molecular weight excluding hydrogens is 1690 g/mol. The van der Waals surface area contributed by atoms with Crippen LogP contribution in [0.2, 0.25) is 0 Å². The Bertz CT molecular complexity index is 6600. The van der Waals surface area contributed by atoms with Crippen LogP contribution in [0.5, 0.6) is 40.2 Å². The minimum atomic E-state index is -1.68. The average molecular weight is 1780 g/mol. The summed E-state index contributed by atoms with van der Waals surface area (Å²) < 4.78 is 42.8. The number of nitriles is 1. The molecule has 18 rings (SSSR count). The second kappa shape index (κ2) is 38.0. The third kappa shape index (κ3) is 19.4. The van der Waals surface area contributed by atoms with Crippen molar-refractivity contribution in [3.05, 3.63) is 254 Å². The molecule has 0 unspecified atom stereocenters. The number of ether oxygens (including phenoxy) is 8. The first kappa shape index (κ1) is 90.0. The van der Waals surface area contributed by atoms with Gasteiger partial charge >= 0.3 is 24.1 Å². The number of nitrogens with one attached hydrogen (secondary N) is 8. The van der Waals surface area contributed by atoms with Gasteiger partial charge < -0.3 is 78.8 Å². The maximum absolute atomic E-state index is 13.1. The molecule has 33 heteroatoms. The lowest BCUT2D eigenvalue weighted by molar-refractivity contribution is -0.123. The highest BCUT2D eigenvalue weighted by Gasteiger charge is 2.53. The number of hydrogen-bond acceptors (Lipinski definition) is 21. The minimum Gasteiger partial charge on any atom is -0.497 e. The summed E-state index contributed by atoms with van der Waals surface area (Å²) in [5, 5.41) is 30.2. The van der Waals surface area contributed by atoms with Gasteiger partial charge in [-0.3, -0.25) is 59.6 Å². The molecule has 16 amide bonds. The number of imide groups is 4. The van der Waals surface area contributed by atoms with Crippen LogP contribution in [-0.2, 0) is 56.7 Å². The minimum absolute atomic E-state index is 0.0506. The molecule has 4 saturated heterocycles. The van der Waals surface area contributed by atoms with Gasteiger partial charge in [0.2, 0.25) is 22.2 Å². The summed E-state index contributed by atoms with van der Waals surface area (Å²) in [4.78, 5) is 157. The third-order valence-electron chi connectivity index (χ3n) is 22.8. The lowest BCUT2D eigenvalue weighted by Gasteiger charge is -2.26. The standard InChI is InChI=1S/C27H20N4O5.C25H23N3O5.C24H23N3O5.C23H21N3O5/c1-35-18-7-6-17-14-31(24(32)22(17)12-18)15-27(25(33)29-26(34)30-27)11-10-21-20-5-3-4-16(13-28)19(20)8-9-23(21)36-2;1-32-20-9-6-18-13-28(22(29)21(18)12-20)15-25(23(30)26-24(31)27-25)11-10-16-4-7-19(8-5-16)33-14-17-2-3-17;1-15(2)32-18-7-4-16(5-8-18)10-11-24(22(29)25-23(30)26-24)14-27-13-17-6-9-19(31-3)12-20(17)21(27)28;1-30-13-16-5-3-4-15(10-16)8-9-23(21(28)24-22(29)25-23)14-26-12-17-6-7-18(31-2)11-19(17)20(26)27/h3-9,12H,14-15H2,1-2H3,(H2,29,30,33,34);4-9,12,17H,2-3,13-15H2,1H3,(H2,26,27,30,31);4-9,12,15H,13-14H2,1-3H3,(H2,25,26,29,30);3-7,10-11H,12-14H2,1-2H3,(H2,24,25,28,29)/t27-;25-;24-;23-/m1111/s1. The van der Waals surface area contributed by atoms with E-state index in [0.29, 0.717) is 127 Å². The van der Waals surface area contributed by atoms with Crippen molar-refractivity contribution in [1.29, 1.82) is 5.26 Å². The molecule has 5 fully saturated rings. The zero-order valence-electron chi connectivity index (χ0n) is 72.8. The van der Waals surface area contributed by atoms with Crippen molar-refractivity contribution in [3.63, 3.8) is 0 Å². The van der Waals surface area contributed by atoms with Crippen LogP contribution in [0.1, 0.15) is 124 Å². The molecule has 9 aliphatic rings. The lowest BCUT2D eigenvalue weighted by atomic mass is 9.96. The Morgan fingerprint density at radius 3 is 1.09 bits per heavy atom. The molecule has 9 aromatic carbocycles. The summed E-state index contributed by atoms with van der Waals surface area (Å²) in [6.45, 7) is 5.83. The molecular formula is C99H87N13O20. The fourth-order valence-corrected chi connectivity index (χ4v) is 15.8. The van der Waals surface area contributed by atoms with Crippen LogP contribution < -0.4 is 75.7 Å². The highest BCUT2D eigenvalue weighted by molar-refractivity contribution is 6.13. The van der Waals surface area contributed by atoms with E-state index < -0.39 is 69.9 Å². The molecule has 8 aliphatic heterocycles. The molecule has 8 N–H and O–H groups in total. The van der Waals surface area contributed by atoms with Crippen LogP contribution >= 0.6 is 0 Å². The molecule has 0 spiro atoms. The molecule has 33 nitrogen and oxygen atoms in total. The van der Waals surface area contributed by atoms with Gasteiger partial charge in [0.05, 0.1) is 98.2 Å². The number of urea groups is 4. The van der Waals surface area contributed by atoms with Crippen molar-refractivity contribution in [2.75, 3.05) is 75.4 Å². The number of fused-ring (bicyclic) bond motifs is 5. The number of benzene rings is 9. The van der Waals surface area contributed by atoms with E-state index in [2.05, 4.69) is 96.0 Å². The quantitative estimate of drug-likeness (QED) is 0.0265. The zero-order chi connectivity index (χ0) is 93.3.